The zero-order valence-corrected chi connectivity index (χ0v) is 14.0. The van der Waals surface area contributed by atoms with Crippen molar-refractivity contribution in [2.24, 2.45) is 0 Å². The number of imidazole rings is 1. The number of nitrogens with zero attached hydrogens (tertiary/aromatic N) is 2. The zero-order valence-electron chi connectivity index (χ0n) is 13.2. The van der Waals surface area contributed by atoms with Crippen LogP contribution in [0.25, 0.3) is 0 Å². The number of anilines is 1. The van der Waals surface area contributed by atoms with Gasteiger partial charge in [-0.15, -0.1) is 11.3 Å². The molecule has 4 heteroatoms. The molecule has 0 aliphatic heterocycles. The van der Waals surface area contributed by atoms with Crippen molar-refractivity contribution in [3.63, 3.8) is 0 Å². The van der Waals surface area contributed by atoms with Crippen molar-refractivity contribution in [3.05, 3.63) is 33.3 Å². The molecule has 2 heterocycles. The predicted molar refractivity (Wildman–Crippen MR) is 88.0 cm³/mol. The Morgan fingerprint density at radius 2 is 2.10 bits per heavy atom. The van der Waals surface area contributed by atoms with Crippen LogP contribution in [0.1, 0.15) is 53.7 Å². The number of rotatable bonds is 6. The first-order valence-corrected chi connectivity index (χ1v) is 8.20. The van der Waals surface area contributed by atoms with Crippen LogP contribution < -0.4 is 5.32 Å². The Labute approximate surface area is 126 Å². The van der Waals surface area contributed by atoms with Gasteiger partial charge in [0.1, 0.15) is 0 Å². The summed E-state index contributed by atoms with van der Waals surface area (Å²) in [5.74, 6) is 0.992. The quantitative estimate of drug-likeness (QED) is 0.782. The second-order valence-corrected chi connectivity index (χ2v) is 6.90. The van der Waals surface area contributed by atoms with Gasteiger partial charge in [0.2, 0.25) is 5.95 Å². The van der Waals surface area contributed by atoms with Crippen molar-refractivity contribution < 1.29 is 0 Å². The second-order valence-electron chi connectivity index (χ2n) is 5.44. The lowest BCUT2D eigenvalue weighted by Crippen LogP contribution is -2.12. The van der Waals surface area contributed by atoms with E-state index in [1.165, 1.54) is 28.2 Å². The molecule has 0 aromatic carbocycles. The molecule has 0 aliphatic rings. The first-order chi connectivity index (χ1) is 9.52. The van der Waals surface area contributed by atoms with Gasteiger partial charge in [-0.25, -0.2) is 4.98 Å². The Balaban J connectivity index is 2.25. The fourth-order valence-electron chi connectivity index (χ4n) is 2.53. The zero-order chi connectivity index (χ0) is 14.7. The van der Waals surface area contributed by atoms with Crippen LogP contribution in [0.15, 0.2) is 12.3 Å². The van der Waals surface area contributed by atoms with Gasteiger partial charge in [0, 0.05) is 22.5 Å². The number of hydrogen-bond acceptors (Lipinski definition) is 3. The summed E-state index contributed by atoms with van der Waals surface area (Å²) >= 11 is 1.87. The number of hydrogen-bond donors (Lipinski definition) is 1. The van der Waals surface area contributed by atoms with E-state index in [-0.39, 0.29) is 0 Å². The lowest BCUT2D eigenvalue weighted by Gasteiger charge is -2.17. The fraction of sp³-hybridized carbons (Fsp3) is 0.562. The monoisotopic (exact) mass is 291 g/mol. The van der Waals surface area contributed by atoms with Crippen molar-refractivity contribution in [2.45, 2.75) is 53.5 Å². The van der Waals surface area contributed by atoms with Gasteiger partial charge >= 0.3 is 0 Å². The molecule has 2 rings (SSSR count). The largest absolute Gasteiger partial charge is 0.356 e. The van der Waals surface area contributed by atoms with E-state index in [1.54, 1.807) is 0 Å². The molecule has 110 valence electrons. The molecule has 1 N–H and O–H groups in total. The lowest BCUT2D eigenvalue weighted by atomic mass is 10.1. The maximum Gasteiger partial charge on any atom is 0.203 e. The highest BCUT2D eigenvalue weighted by Gasteiger charge is 2.16. The Hall–Kier alpha value is -1.29. The Bertz CT molecular complexity index is 568. The number of thiophene rings is 1. The Kier molecular flexibility index (Phi) is 4.86. The molecule has 1 atom stereocenters. The van der Waals surface area contributed by atoms with Gasteiger partial charge in [-0.1, -0.05) is 13.3 Å². The summed E-state index contributed by atoms with van der Waals surface area (Å²) < 4.78 is 2.26. The number of nitrogens with one attached hydrogen (secondary N) is 1. The van der Waals surface area contributed by atoms with E-state index in [0.29, 0.717) is 6.04 Å². The highest BCUT2D eigenvalue weighted by atomic mass is 32.1. The van der Waals surface area contributed by atoms with Gasteiger partial charge in [0.25, 0.3) is 0 Å². The van der Waals surface area contributed by atoms with Crippen LogP contribution in [0, 0.1) is 20.8 Å². The molecule has 2 aromatic rings. The average molecular weight is 291 g/mol. The van der Waals surface area contributed by atoms with Crippen molar-refractivity contribution in [3.8, 4) is 0 Å². The molecule has 0 saturated carbocycles. The molecule has 20 heavy (non-hydrogen) atoms. The molecule has 0 radical (unpaired) electrons. The van der Waals surface area contributed by atoms with Crippen LogP contribution in [0.2, 0.25) is 0 Å². The van der Waals surface area contributed by atoms with Crippen molar-refractivity contribution in [1.82, 2.24) is 9.55 Å². The van der Waals surface area contributed by atoms with Crippen LogP contribution >= 0.6 is 11.3 Å². The van der Waals surface area contributed by atoms with Gasteiger partial charge in [-0.05, 0) is 45.7 Å². The molecular weight excluding hydrogens is 266 g/mol. The SMILES string of the molecule is CCCCNc1nc(C)cn1C(C)c1cc(C)sc1C. The Morgan fingerprint density at radius 1 is 1.35 bits per heavy atom. The number of unbranched alkanes of at least 4 members (excludes halogenated alkanes) is 1. The summed E-state index contributed by atoms with van der Waals surface area (Å²) in [6.45, 7) is 11.9. The summed E-state index contributed by atoms with van der Waals surface area (Å²) in [5, 5.41) is 3.47. The first-order valence-electron chi connectivity index (χ1n) is 7.39. The summed E-state index contributed by atoms with van der Waals surface area (Å²) in [6, 6.07) is 2.63. The number of aromatic nitrogens is 2. The van der Waals surface area contributed by atoms with E-state index < -0.39 is 0 Å². The second kappa shape index (κ2) is 6.44. The minimum absolute atomic E-state index is 0.324. The molecule has 0 spiro atoms. The first kappa shape index (κ1) is 15.1. The van der Waals surface area contributed by atoms with E-state index in [9.17, 15) is 0 Å². The van der Waals surface area contributed by atoms with E-state index in [0.717, 1.165) is 18.2 Å². The van der Waals surface area contributed by atoms with E-state index in [2.05, 4.69) is 61.7 Å². The van der Waals surface area contributed by atoms with Gasteiger partial charge in [-0.2, -0.15) is 0 Å². The van der Waals surface area contributed by atoms with Gasteiger partial charge in [0.15, 0.2) is 0 Å². The van der Waals surface area contributed by atoms with Crippen molar-refractivity contribution in [1.29, 1.82) is 0 Å². The molecule has 0 bridgehead atoms. The third-order valence-electron chi connectivity index (χ3n) is 3.61. The molecule has 2 aromatic heterocycles. The summed E-state index contributed by atoms with van der Waals surface area (Å²) in [7, 11) is 0. The van der Waals surface area contributed by atoms with Gasteiger partial charge in [0.05, 0.1) is 11.7 Å². The minimum Gasteiger partial charge on any atom is -0.356 e. The lowest BCUT2D eigenvalue weighted by molar-refractivity contribution is 0.640. The van der Waals surface area contributed by atoms with Crippen LogP contribution in [-0.4, -0.2) is 16.1 Å². The maximum atomic E-state index is 4.62. The molecule has 0 aliphatic carbocycles. The van der Waals surface area contributed by atoms with E-state index in [4.69, 9.17) is 0 Å². The summed E-state index contributed by atoms with van der Waals surface area (Å²) in [6.07, 6.45) is 4.52. The summed E-state index contributed by atoms with van der Waals surface area (Å²) in [5.41, 5.74) is 2.48. The fourth-order valence-corrected chi connectivity index (χ4v) is 3.55. The topological polar surface area (TPSA) is 29.9 Å². The molecule has 1 unspecified atom stereocenters. The van der Waals surface area contributed by atoms with Crippen LogP contribution in [-0.2, 0) is 0 Å². The third-order valence-corrected chi connectivity index (χ3v) is 4.59. The number of aryl methyl sites for hydroxylation is 3. The average Bonchev–Trinajstić information content (AvgIpc) is 2.92. The standard InChI is InChI=1S/C16H25N3S/c1-6-7-8-17-16-18-11(2)10-19(16)13(4)15-9-12(3)20-14(15)5/h9-10,13H,6-8H2,1-5H3,(H,17,18). The van der Waals surface area contributed by atoms with Gasteiger partial charge < -0.3 is 9.88 Å². The highest BCUT2D eigenvalue weighted by molar-refractivity contribution is 7.12. The molecule has 3 nitrogen and oxygen atoms in total. The van der Waals surface area contributed by atoms with Crippen molar-refractivity contribution in [2.75, 3.05) is 11.9 Å². The van der Waals surface area contributed by atoms with Crippen LogP contribution in [0.5, 0.6) is 0 Å². The predicted octanol–water partition coefficient (Wildman–Crippen LogP) is 4.69. The summed E-state index contributed by atoms with van der Waals surface area (Å²) in [4.78, 5) is 7.40. The maximum absolute atomic E-state index is 4.62. The normalized spacial score (nSPS) is 12.7. The molecule has 0 amide bonds. The van der Waals surface area contributed by atoms with E-state index >= 15 is 0 Å². The third kappa shape index (κ3) is 3.23. The minimum atomic E-state index is 0.324. The molecular formula is C16H25N3S. The van der Waals surface area contributed by atoms with E-state index in [1.807, 2.05) is 11.3 Å². The Morgan fingerprint density at radius 3 is 2.70 bits per heavy atom. The van der Waals surface area contributed by atoms with Gasteiger partial charge in [-0.3, -0.25) is 0 Å². The highest BCUT2D eigenvalue weighted by Crippen LogP contribution is 2.30. The van der Waals surface area contributed by atoms with Crippen LogP contribution in [0.3, 0.4) is 0 Å². The smallest absolute Gasteiger partial charge is 0.203 e. The molecule has 0 saturated heterocycles. The van der Waals surface area contributed by atoms with Crippen molar-refractivity contribution >= 4 is 17.3 Å². The molecule has 0 fully saturated rings. The van der Waals surface area contributed by atoms with Crippen LogP contribution in [0.4, 0.5) is 5.95 Å².